The molecule has 1 aromatic carbocycles. The molecule has 0 bridgehead atoms. The van der Waals surface area contributed by atoms with Gasteiger partial charge in [0.2, 0.25) is 0 Å². The number of aromatic nitrogens is 3. The van der Waals surface area contributed by atoms with E-state index >= 15 is 0 Å². The third kappa shape index (κ3) is 3.58. The number of hydrogen-bond acceptors (Lipinski definition) is 3. The van der Waals surface area contributed by atoms with Crippen molar-refractivity contribution in [1.82, 2.24) is 20.1 Å². The summed E-state index contributed by atoms with van der Waals surface area (Å²) in [4.78, 5) is 6.81. The van der Waals surface area contributed by atoms with E-state index in [-0.39, 0.29) is 5.82 Å². The van der Waals surface area contributed by atoms with Gasteiger partial charge in [-0.15, -0.1) is 0 Å². The van der Waals surface area contributed by atoms with Crippen molar-refractivity contribution >= 4 is 5.57 Å². The molecule has 2 atom stereocenters. The minimum atomic E-state index is -0.234. The van der Waals surface area contributed by atoms with Crippen LogP contribution in [0.5, 0.6) is 0 Å². The molecule has 0 amide bonds. The van der Waals surface area contributed by atoms with E-state index < -0.39 is 0 Å². The van der Waals surface area contributed by atoms with Gasteiger partial charge in [0.05, 0.1) is 11.4 Å². The zero-order valence-corrected chi connectivity index (χ0v) is 17.3. The Labute approximate surface area is 176 Å². The van der Waals surface area contributed by atoms with Crippen LogP contribution in [-0.4, -0.2) is 39.2 Å². The molecule has 5 heteroatoms. The molecule has 1 N–H and O–H groups in total. The first kappa shape index (κ1) is 19.2. The van der Waals surface area contributed by atoms with Gasteiger partial charge in [-0.25, -0.2) is 4.39 Å². The number of nitrogens with zero attached hydrogens (tertiary/aromatic N) is 3. The van der Waals surface area contributed by atoms with Crippen molar-refractivity contribution in [3.63, 3.8) is 0 Å². The van der Waals surface area contributed by atoms with Gasteiger partial charge in [-0.3, -0.25) is 15.0 Å². The number of H-pyrrole nitrogens is 1. The van der Waals surface area contributed by atoms with E-state index in [4.69, 9.17) is 5.10 Å². The van der Waals surface area contributed by atoms with E-state index in [0.717, 1.165) is 47.0 Å². The van der Waals surface area contributed by atoms with Gasteiger partial charge in [0.25, 0.3) is 0 Å². The molecule has 0 saturated carbocycles. The zero-order valence-electron chi connectivity index (χ0n) is 17.3. The molecule has 4 nitrogen and oxygen atoms in total. The van der Waals surface area contributed by atoms with Gasteiger partial charge in [0.15, 0.2) is 0 Å². The second-order valence-electron chi connectivity index (χ2n) is 8.46. The van der Waals surface area contributed by atoms with E-state index in [1.54, 1.807) is 12.1 Å². The highest BCUT2D eigenvalue weighted by molar-refractivity contribution is 5.89. The van der Waals surface area contributed by atoms with Crippen molar-refractivity contribution in [2.75, 3.05) is 13.1 Å². The highest BCUT2D eigenvalue weighted by Gasteiger charge is 2.34. The maximum Gasteiger partial charge on any atom is 0.123 e. The van der Waals surface area contributed by atoms with E-state index in [1.807, 2.05) is 24.5 Å². The molecule has 30 heavy (non-hydrogen) atoms. The fourth-order valence-corrected chi connectivity index (χ4v) is 5.06. The molecule has 154 valence electrons. The van der Waals surface area contributed by atoms with E-state index in [0.29, 0.717) is 6.04 Å². The van der Waals surface area contributed by atoms with Crippen LogP contribution in [0.1, 0.15) is 38.3 Å². The predicted octanol–water partition coefficient (Wildman–Crippen LogP) is 5.56. The van der Waals surface area contributed by atoms with Crippen LogP contribution in [0.2, 0.25) is 0 Å². The molecule has 0 radical (unpaired) electrons. The average Bonchev–Trinajstić information content (AvgIpc) is 3.38. The lowest BCUT2D eigenvalue weighted by Crippen LogP contribution is -2.32. The Kier molecular flexibility index (Phi) is 5.21. The van der Waals surface area contributed by atoms with Crippen molar-refractivity contribution in [2.45, 2.75) is 38.6 Å². The maximum absolute atomic E-state index is 13.5. The quantitative estimate of drug-likeness (QED) is 0.608. The second-order valence-corrected chi connectivity index (χ2v) is 8.46. The Hall–Kier alpha value is -2.79. The third-order valence-corrected chi connectivity index (χ3v) is 6.47. The number of halogens is 1. The van der Waals surface area contributed by atoms with E-state index in [2.05, 4.69) is 28.0 Å². The Morgan fingerprint density at radius 1 is 1.10 bits per heavy atom. The summed E-state index contributed by atoms with van der Waals surface area (Å²) in [6, 6.07) is 11.2. The summed E-state index contributed by atoms with van der Waals surface area (Å²) in [5, 5.41) is 8.01. The molecule has 2 aliphatic heterocycles. The normalized spacial score (nSPS) is 21.5. The van der Waals surface area contributed by atoms with Crippen LogP contribution in [0.15, 0.2) is 54.9 Å². The minimum Gasteiger partial charge on any atom is -0.296 e. The van der Waals surface area contributed by atoms with Crippen LogP contribution in [0.4, 0.5) is 4.39 Å². The third-order valence-electron chi connectivity index (χ3n) is 6.47. The molecule has 0 aliphatic carbocycles. The lowest BCUT2D eigenvalue weighted by atomic mass is 9.92. The Morgan fingerprint density at radius 3 is 2.67 bits per heavy atom. The molecular formula is C25H27FN4. The highest BCUT2D eigenvalue weighted by atomic mass is 19.1. The number of hydrogen-bond donors (Lipinski definition) is 1. The first-order valence-electron chi connectivity index (χ1n) is 10.9. The predicted molar refractivity (Wildman–Crippen MR) is 118 cm³/mol. The summed E-state index contributed by atoms with van der Waals surface area (Å²) in [6.07, 6.45) is 10.9. The van der Waals surface area contributed by atoms with E-state index in [9.17, 15) is 4.39 Å². The molecule has 4 heterocycles. The number of nitrogens with one attached hydrogen (secondary N) is 1. The van der Waals surface area contributed by atoms with Gasteiger partial charge in [0, 0.05) is 42.7 Å². The van der Waals surface area contributed by atoms with Crippen molar-refractivity contribution < 1.29 is 4.39 Å². The summed E-state index contributed by atoms with van der Waals surface area (Å²) < 4.78 is 13.5. The summed E-state index contributed by atoms with van der Waals surface area (Å²) in [5.41, 5.74) is 6.33. The van der Waals surface area contributed by atoms with Gasteiger partial charge in [-0.1, -0.05) is 19.4 Å². The van der Waals surface area contributed by atoms with Crippen LogP contribution in [-0.2, 0) is 0 Å². The van der Waals surface area contributed by atoms with Gasteiger partial charge in [-0.05, 0) is 72.7 Å². The SMILES string of the molecule is CCCC1CC2C=C(c3n[nH]c(-c4ccc(F)cc4)c3-c3ccncc3)CCN2C1. The van der Waals surface area contributed by atoms with Crippen LogP contribution in [0, 0.1) is 11.7 Å². The molecule has 3 aromatic rings. The highest BCUT2D eigenvalue weighted by Crippen LogP contribution is 2.40. The molecule has 0 spiro atoms. The summed E-state index contributed by atoms with van der Waals surface area (Å²) in [7, 11) is 0. The van der Waals surface area contributed by atoms with Gasteiger partial charge < -0.3 is 0 Å². The molecule has 5 rings (SSSR count). The minimum absolute atomic E-state index is 0.234. The molecule has 1 fully saturated rings. The summed E-state index contributed by atoms with van der Waals surface area (Å²) >= 11 is 0. The van der Waals surface area contributed by atoms with Crippen LogP contribution in [0.25, 0.3) is 28.0 Å². The zero-order chi connectivity index (χ0) is 20.5. The van der Waals surface area contributed by atoms with Gasteiger partial charge >= 0.3 is 0 Å². The van der Waals surface area contributed by atoms with Crippen molar-refractivity contribution in [3.05, 3.63) is 66.4 Å². The maximum atomic E-state index is 13.5. The lowest BCUT2D eigenvalue weighted by Gasteiger charge is -2.28. The lowest BCUT2D eigenvalue weighted by molar-refractivity contribution is 0.279. The topological polar surface area (TPSA) is 44.8 Å². The fraction of sp³-hybridized carbons (Fsp3) is 0.360. The van der Waals surface area contributed by atoms with Crippen LogP contribution in [0.3, 0.4) is 0 Å². The smallest absolute Gasteiger partial charge is 0.123 e. The largest absolute Gasteiger partial charge is 0.296 e. The number of rotatable bonds is 5. The molecule has 2 unspecified atom stereocenters. The van der Waals surface area contributed by atoms with Gasteiger partial charge in [-0.2, -0.15) is 5.10 Å². The number of fused-ring (bicyclic) bond motifs is 1. The second kappa shape index (κ2) is 8.15. The van der Waals surface area contributed by atoms with Gasteiger partial charge in [0.1, 0.15) is 5.82 Å². The van der Waals surface area contributed by atoms with Crippen molar-refractivity contribution in [2.24, 2.45) is 5.92 Å². The first-order valence-corrected chi connectivity index (χ1v) is 10.9. The van der Waals surface area contributed by atoms with Crippen molar-refractivity contribution in [3.8, 4) is 22.4 Å². The average molecular weight is 403 g/mol. The monoisotopic (exact) mass is 402 g/mol. The number of pyridine rings is 1. The standard InChI is InChI=1S/C25H27FN4/c1-2-3-17-14-22-15-20(10-13-30(22)16-17)25-23(18-8-11-27-12-9-18)24(28-29-25)19-4-6-21(26)7-5-19/h4-9,11-12,15,17,22H,2-3,10,13-14,16H2,1H3,(H,28,29). The summed E-state index contributed by atoms with van der Waals surface area (Å²) in [5.74, 6) is 0.575. The first-order chi connectivity index (χ1) is 14.7. The Bertz CT molecular complexity index is 1040. The number of benzene rings is 1. The molecular weight excluding hydrogens is 375 g/mol. The van der Waals surface area contributed by atoms with Crippen LogP contribution < -0.4 is 0 Å². The van der Waals surface area contributed by atoms with Crippen LogP contribution >= 0.6 is 0 Å². The molecule has 1 saturated heterocycles. The number of aromatic amines is 1. The summed E-state index contributed by atoms with van der Waals surface area (Å²) in [6.45, 7) is 4.59. The Morgan fingerprint density at radius 2 is 1.90 bits per heavy atom. The molecule has 2 aromatic heterocycles. The fourth-order valence-electron chi connectivity index (χ4n) is 5.06. The van der Waals surface area contributed by atoms with E-state index in [1.165, 1.54) is 43.5 Å². The van der Waals surface area contributed by atoms with Crippen molar-refractivity contribution in [1.29, 1.82) is 0 Å². The Balaban J connectivity index is 1.56. The molecule has 2 aliphatic rings.